The zero-order chi connectivity index (χ0) is 16.1. The van der Waals surface area contributed by atoms with Gasteiger partial charge in [-0.3, -0.25) is 0 Å². The number of halogens is 1. The Bertz CT molecular complexity index is 642. The van der Waals surface area contributed by atoms with Gasteiger partial charge in [-0.15, -0.1) is 12.4 Å². The van der Waals surface area contributed by atoms with Crippen LogP contribution in [0.2, 0.25) is 0 Å². The molecule has 0 aliphatic rings. The Hall–Kier alpha value is -2.21. The Labute approximate surface area is 141 Å². The first-order valence-corrected chi connectivity index (χ1v) is 7.11. The maximum absolute atomic E-state index is 12.2. The average molecular weight is 341 g/mol. The third kappa shape index (κ3) is 4.16. The molecule has 2 rings (SSSR count). The Morgan fingerprint density at radius 1 is 1.30 bits per heavy atom. The molecule has 0 bridgehead atoms. The first-order chi connectivity index (χ1) is 10.6. The van der Waals surface area contributed by atoms with E-state index in [2.05, 4.69) is 4.98 Å². The largest absolute Gasteiger partial charge is 0.491 e. The fourth-order valence-electron chi connectivity index (χ4n) is 2.08. The summed E-state index contributed by atoms with van der Waals surface area (Å²) < 4.78 is 18.2. The molecular weight excluding hydrogens is 320 g/mol. The molecule has 0 aliphatic carbocycles. The summed E-state index contributed by atoms with van der Waals surface area (Å²) in [5, 5.41) is 0. The molecule has 0 saturated heterocycles. The Morgan fingerprint density at radius 3 is 2.57 bits per heavy atom. The second-order valence-electron chi connectivity index (χ2n) is 4.85. The summed E-state index contributed by atoms with van der Waals surface area (Å²) in [6, 6.07) is 3.45. The van der Waals surface area contributed by atoms with Crippen LogP contribution in [0.3, 0.4) is 0 Å². The average Bonchev–Trinajstić information content (AvgIpc) is 3.00. The first kappa shape index (κ1) is 18.8. The molecule has 1 heterocycles. The maximum atomic E-state index is 12.2. The van der Waals surface area contributed by atoms with Crippen LogP contribution in [0.4, 0.5) is 0 Å². The van der Waals surface area contributed by atoms with Gasteiger partial charge >= 0.3 is 5.97 Å². The molecule has 0 atom stereocenters. The molecule has 0 radical (unpaired) electrons. The third-order valence-electron chi connectivity index (χ3n) is 2.93. The number of benzene rings is 1. The lowest BCUT2D eigenvalue weighted by Gasteiger charge is -2.18. The topological polar surface area (TPSA) is 62.6 Å². The zero-order valence-electron chi connectivity index (χ0n) is 13.6. The summed E-state index contributed by atoms with van der Waals surface area (Å²) in [6.07, 6.45) is 4.90. The van der Waals surface area contributed by atoms with Crippen molar-refractivity contribution in [3.8, 4) is 17.2 Å². The lowest BCUT2D eigenvalue weighted by molar-refractivity contribution is 0.0373. The monoisotopic (exact) mass is 340 g/mol. The number of rotatable bonds is 6. The van der Waals surface area contributed by atoms with Crippen molar-refractivity contribution in [2.75, 3.05) is 13.7 Å². The van der Waals surface area contributed by atoms with E-state index in [-0.39, 0.29) is 18.5 Å². The van der Waals surface area contributed by atoms with Gasteiger partial charge in [0.15, 0.2) is 11.5 Å². The molecule has 23 heavy (non-hydrogen) atoms. The highest BCUT2D eigenvalue weighted by molar-refractivity contribution is 5.94. The summed E-state index contributed by atoms with van der Waals surface area (Å²) in [6.45, 7) is 5.86. The summed E-state index contributed by atoms with van der Waals surface area (Å²) in [7, 11) is 1.54. The van der Waals surface area contributed by atoms with Crippen molar-refractivity contribution in [3.05, 3.63) is 36.4 Å². The van der Waals surface area contributed by atoms with Gasteiger partial charge in [0.05, 0.1) is 31.8 Å². The number of methoxy groups -OCH3 is 1. The molecular formula is C16H21ClN2O4. The lowest BCUT2D eigenvalue weighted by Crippen LogP contribution is -2.14. The van der Waals surface area contributed by atoms with Crippen molar-refractivity contribution < 1.29 is 19.0 Å². The fourth-order valence-corrected chi connectivity index (χ4v) is 2.08. The van der Waals surface area contributed by atoms with Crippen LogP contribution in [0.5, 0.6) is 11.5 Å². The Balaban J connectivity index is 0.00000264. The number of nitrogens with zero attached hydrogens (tertiary/aromatic N) is 2. The minimum Gasteiger partial charge on any atom is -0.491 e. The van der Waals surface area contributed by atoms with Crippen LogP contribution in [-0.4, -0.2) is 35.3 Å². The molecule has 1 aromatic heterocycles. The summed E-state index contributed by atoms with van der Waals surface area (Å²) >= 11 is 0. The summed E-state index contributed by atoms with van der Waals surface area (Å²) in [5.41, 5.74) is 1.08. The van der Waals surface area contributed by atoms with Gasteiger partial charge in [-0.1, -0.05) is 0 Å². The van der Waals surface area contributed by atoms with Crippen LogP contribution in [0.15, 0.2) is 30.9 Å². The molecule has 0 amide bonds. The third-order valence-corrected chi connectivity index (χ3v) is 2.93. The van der Waals surface area contributed by atoms with Crippen molar-refractivity contribution in [1.82, 2.24) is 9.55 Å². The van der Waals surface area contributed by atoms with Crippen LogP contribution in [0.1, 0.15) is 31.1 Å². The molecule has 0 unspecified atom stereocenters. The number of carbonyl (C=O) groups is 1. The number of carbonyl (C=O) groups excluding carboxylic acids is 1. The lowest BCUT2D eigenvalue weighted by atomic mass is 10.1. The SMILES string of the molecule is CCOc1c(C(=O)OC(C)C)ccc(-n2ccnc2)c1OC.Cl. The van der Waals surface area contributed by atoms with E-state index in [1.807, 2.05) is 6.92 Å². The van der Waals surface area contributed by atoms with Crippen molar-refractivity contribution in [2.45, 2.75) is 26.9 Å². The number of aromatic nitrogens is 2. The molecule has 0 spiro atoms. The van der Waals surface area contributed by atoms with Gasteiger partial charge in [0.25, 0.3) is 0 Å². The fraction of sp³-hybridized carbons (Fsp3) is 0.375. The smallest absolute Gasteiger partial charge is 0.342 e. The van der Waals surface area contributed by atoms with Gasteiger partial charge in [0, 0.05) is 12.4 Å². The van der Waals surface area contributed by atoms with Crippen LogP contribution in [-0.2, 0) is 4.74 Å². The van der Waals surface area contributed by atoms with Gasteiger partial charge in [-0.2, -0.15) is 0 Å². The standard InChI is InChI=1S/C16H20N2O4.ClH/c1-5-21-14-12(16(19)22-11(2)3)6-7-13(15(14)20-4)18-9-8-17-10-18;/h6-11H,5H2,1-4H3;1H. The van der Waals surface area contributed by atoms with Crippen LogP contribution < -0.4 is 9.47 Å². The molecule has 0 saturated carbocycles. The quantitative estimate of drug-likeness (QED) is 0.755. The summed E-state index contributed by atoms with van der Waals surface area (Å²) in [4.78, 5) is 16.3. The molecule has 6 nitrogen and oxygen atoms in total. The number of hydrogen-bond donors (Lipinski definition) is 0. The van der Waals surface area contributed by atoms with Gasteiger partial charge in [0.2, 0.25) is 0 Å². The van der Waals surface area contributed by atoms with E-state index in [1.54, 1.807) is 49.3 Å². The molecule has 1 aromatic carbocycles. The molecule has 0 fully saturated rings. The molecule has 0 aliphatic heterocycles. The van der Waals surface area contributed by atoms with Crippen molar-refractivity contribution in [1.29, 1.82) is 0 Å². The molecule has 7 heteroatoms. The van der Waals surface area contributed by atoms with E-state index in [0.29, 0.717) is 23.7 Å². The highest BCUT2D eigenvalue weighted by Gasteiger charge is 2.22. The van der Waals surface area contributed by atoms with Gasteiger partial charge in [0.1, 0.15) is 5.56 Å². The van der Waals surface area contributed by atoms with E-state index in [9.17, 15) is 4.79 Å². The Kier molecular flexibility index (Phi) is 6.90. The van der Waals surface area contributed by atoms with E-state index in [4.69, 9.17) is 14.2 Å². The minimum absolute atomic E-state index is 0. The number of hydrogen-bond acceptors (Lipinski definition) is 5. The van der Waals surface area contributed by atoms with E-state index in [0.717, 1.165) is 5.69 Å². The van der Waals surface area contributed by atoms with Crippen LogP contribution in [0.25, 0.3) is 5.69 Å². The second-order valence-corrected chi connectivity index (χ2v) is 4.85. The Morgan fingerprint density at radius 2 is 2.04 bits per heavy atom. The highest BCUT2D eigenvalue weighted by atomic mass is 35.5. The summed E-state index contributed by atoms with van der Waals surface area (Å²) in [5.74, 6) is 0.411. The van der Waals surface area contributed by atoms with Gasteiger partial charge < -0.3 is 18.8 Å². The number of ether oxygens (including phenoxy) is 3. The zero-order valence-corrected chi connectivity index (χ0v) is 14.4. The van der Waals surface area contributed by atoms with E-state index < -0.39 is 5.97 Å². The highest BCUT2D eigenvalue weighted by Crippen LogP contribution is 2.37. The molecule has 2 aromatic rings. The first-order valence-electron chi connectivity index (χ1n) is 7.11. The second kappa shape index (κ2) is 8.43. The number of esters is 1. The predicted octanol–water partition coefficient (Wildman–Crippen LogP) is 3.27. The van der Waals surface area contributed by atoms with E-state index >= 15 is 0 Å². The normalized spacial score (nSPS) is 10.1. The minimum atomic E-state index is -0.436. The predicted molar refractivity (Wildman–Crippen MR) is 89.1 cm³/mol. The number of imidazole rings is 1. The molecule has 126 valence electrons. The maximum Gasteiger partial charge on any atom is 0.342 e. The van der Waals surface area contributed by atoms with Gasteiger partial charge in [-0.05, 0) is 32.9 Å². The van der Waals surface area contributed by atoms with Gasteiger partial charge in [-0.25, -0.2) is 9.78 Å². The van der Waals surface area contributed by atoms with E-state index in [1.165, 1.54) is 7.11 Å². The van der Waals surface area contributed by atoms with Crippen molar-refractivity contribution >= 4 is 18.4 Å². The molecule has 0 N–H and O–H groups in total. The van der Waals surface area contributed by atoms with Crippen molar-refractivity contribution in [3.63, 3.8) is 0 Å². The van der Waals surface area contributed by atoms with Crippen molar-refractivity contribution in [2.24, 2.45) is 0 Å². The van der Waals surface area contributed by atoms with Crippen LogP contribution in [0, 0.1) is 0 Å². The van der Waals surface area contributed by atoms with Crippen LogP contribution >= 0.6 is 12.4 Å².